The van der Waals surface area contributed by atoms with E-state index in [9.17, 15) is 13.2 Å². The zero-order valence-corrected chi connectivity index (χ0v) is 17.8. The lowest BCUT2D eigenvalue weighted by Gasteiger charge is -2.20. The quantitative estimate of drug-likeness (QED) is 0.668. The van der Waals surface area contributed by atoms with Gasteiger partial charge in [0.05, 0.1) is 4.90 Å². The third-order valence-corrected chi connectivity index (χ3v) is 8.06. The molecule has 0 radical (unpaired) electrons. The van der Waals surface area contributed by atoms with Gasteiger partial charge in [-0.2, -0.15) is 4.31 Å². The molecule has 0 bridgehead atoms. The summed E-state index contributed by atoms with van der Waals surface area (Å²) in [6.45, 7) is 3.68. The molecule has 1 aromatic rings. The van der Waals surface area contributed by atoms with Crippen molar-refractivity contribution in [3.63, 3.8) is 0 Å². The van der Waals surface area contributed by atoms with Crippen LogP contribution in [0.5, 0.6) is 0 Å². The number of aryl methyl sites for hydroxylation is 1. The number of rotatable bonds is 6. The number of carbonyl (C=O) groups is 1. The molecule has 5 nitrogen and oxygen atoms in total. The first-order chi connectivity index (χ1) is 13.5. The molecule has 1 aliphatic carbocycles. The summed E-state index contributed by atoms with van der Waals surface area (Å²) in [5.74, 6) is 0.684. The molecule has 1 N–H and O–H groups in total. The van der Waals surface area contributed by atoms with Crippen LogP contribution in [-0.4, -0.2) is 38.3 Å². The molecule has 172 valence electrons. The van der Waals surface area contributed by atoms with Crippen molar-refractivity contribution >= 4 is 15.9 Å². The predicted octanol–water partition coefficient (Wildman–Crippen LogP) is 5.14. The van der Waals surface area contributed by atoms with E-state index in [0.29, 0.717) is 30.4 Å². The number of nitrogens with zero attached hydrogens (tertiary/aromatic N) is 1. The van der Waals surface area contributed by atoms with Crippen LogP contribution in [0.2, 0.25) is 0 Å². The number of carbonyl (C=O) groups excluding carboxylic acids is 1. The molecule has 6 heteroatoms. The van der Waals surface area contributed by atoms with E-state index in [1.165, 1.54) is 19.3 Å². The normalized spacial score (nSPS) is 21.0. The van der Waals surface area contributed by atoms with Crippen molar-refractivity contribution in [2.75, 3.05) is 19.6 Å². The van der Waals surface area contributed by atoms with Gasteiger partial charge in [0, 0.05) is 25.6 Å². The lowest BCUT2D eigenvalue weighted by Crippen LogP contribution is -2.33. The van der Waals surface area contributed by atoms with Crippen LogP contribution in [0.1, 0.15) is 78.2 Å². The maximum absolute atomic E-state index is 12.8. The Bertz CT molecular complexity index is 755. The fraction of sp³-hybridized carbons (Fsp3) is 0.708. The predicted molar refractivity (Wildman–Crippen MR) is 125 cm³/mol. The van der Waals surface area contributed by atoms with Gasteiger partial charge in [0.25, 0.3) is 0 Å². The van der Waals surface area contributed by atoms with Crippen LogP contribution >= 0.6 is 0 Å². The molecular formula is C24H42N2O3S. The number of nitrogens with one attached hydrogen (secondary N) is 1. The third-order valence-electron chi connectivity index (χ3n) is 6.20. The zero-order valence-electron chi connectivity index (χ0n) is 17.0. The summed E-state index contributed by atoms with van der Waals surface area (Å²) in [4.78, 5) is 12.8. The first-order valence-corrected chi connectivity index (χ1v) is 12.3. The molecule has 3 rings (SSSR count). The zero-order chi connectivity index (χ0) is 20.0. The van der Waals surface area contributed by atoms with E-state index in [4.69, 9.17) is 0 Å². The number of amides is 1. The number of benzene rings is 1. The van der Waals surface area contributed by atoms with E-state index in [1.807, 2.05) is 13.0 Å². The van der Waals surface area contributed by atoms with Crippen LogP contribution in [0, 0.1) is 18.8 Å². The summed E-state index contributed by atoms with van der Waals surface area (Å²) in [7, 11) is -3.41. The Labute approximate surface area is 184 Å². The SMILES string of the molecule is C.C.Cc1cccc(S(=O)(=O)N2CCC(CCNC(=O)C3CCCCCCC3)C2)c1. The standard InChI is InChI=1S/C22H34N2O3S.2CH4/c1-18-8-7-11-21(16-18)28(26,27)24-15-13-19(17-24)12-14-23-22(25)20-9-5-3-2-4-6-10-20;;/h7-8,11,16,19-20H,2-6,9-10,12-15,17H2,1H3,(H,23,25);2*1H4. The number of sulfonamides is 1. The van der Waals surface area contributed by atoms with Crippen LogP contribution in [0.15, 0.2) is 29.2 Å². The lowest BCUT2D eigenvalue weighted by atomic mass is 9.90. The molecule has 0 aromatic heterocycles. The molecule has 30 heavy (non-hydrogen) atoms. The van der Waals surface area contributed by atoms with Gasteiger partial charge in [-0.3, -0.25) is 4.79 Å². The first-order valence-electron chi connectivity index (χ1n) is 10.8. The topological polar surface area (TPSA) is 66.5 Å². The minimum atomic E-state index is -3.41. The maximum atomic E-state index is 12.8. The summed E-state index contributed by atoms with van der Waals surface area (Å²) in [5, 5.41) is 3.11. The minimum Gasteiger partial charge on any atom is -0.356 e. The average Bonchev–Trinajstić information content (AvgIpc) is 3.11. The molecule has 2 fully saturated rings. The Hall–Kier alpha value is -1.40. The minimum absolute atomic E-state index is 0. The molecule has 1 aromatic carbocycles. The van der Waals surface area contributed by atoms with E-state index in [0.717, 1.165) is 44.1 Å². The molecule has 1 amide bonds. The van der Waals surface area contributed by atoms with Crippen molar-refractivity contribution in [2.45, 2.75) is 84.5 Å². The van der Waals surface area contributed by atoms with Gasteiger partial charge in [-0.05, 0) is 56.2 Å². The Morgan fingerprint density at radius 2 is 1.73 bits per heavy atom. The lowest BCUT2D eigenvalue weighted by molar-refractivity contribution is -0.125. The molecule has 2 aliphatic rings. The van der Waals surface area contributed by atoms with Crippen LogP contribution < -0.4 is 5.32 Å². The number of hydrogen-bond donors (Lipinski definition) is 1. The largest absolute Gasteiger partial charge is 0.356 e. The van der Waals surface area contributed by atoms with E-state index in [1.54, 1.807) is 22.5 Å². The highest BCUT2D eigenvalue weighted by molar-refractivity contribution is 7.89. The van der Waals surface area contributed by atoms with E-state index >= 15 is 0 Å². The van der Waals surface area contributed by atoms with Crippen LogP contribution in [-0.2, 0) is 14.8 Å². The van der Waals surface area contributed by atoms with Crippen molar-refractivity contribution in [2.24, 2.45) is 11.8 Å². The van der Waals surface area contributed by atoms with Gasteiger partial charge in [-0.15, -0.1) is 0 Å². The van der Waals surface area contributed by atoms with E-state index < -0.39 is 10.0 Å². The summed E-state index contributed by atoms with van der Waals surface area (Å²) in [6, 6.07) is 7.11. The summed E-state index contributed by atoms with van der Waals surface area (Å²) in [6.07, 6.45) is 9.85. The second kappa shape index (κ2) is 12.5. The van der Waals surface area contributed by atoms with Crippen molar-refractivity contribution < 1.29 is 13.2 Å². The molecular weight excluding hydrogens is 396 g/mol. The molecule has 1 heterocycles. The second-order valence-electron chi connectivity index (χ2n) is 8.46. The van der Waals surface area contributed by atoms with E-state index in [2.05, 4.69) is 5.32 Å². The Morgan fingerprint density at radius 1 is 1.07 bits per heavy atom. The van der Waals surface area contributed by atoms with E-state index in [-0.39, 0.29) is 26.7 Å². The van der Waals surface area contributed by atoms with Crippen LogP contribution in [0.3, 0.4) is 0 Å². The molecule has 1 saturated carbocycles. The summed E-state index contributed by atoms with van der Waals surface area (Å²) >= 11 is 0. The van der Waals surface area contributed by atoms with Crippen molar-refractivity contribution in [1.82, 2.24) is 9.62 Å². The van der Waals surface area contributed by atoms with Gasteiger partial charge in [0.2, 0.25) is 15.9 Å². The van der Waals surface area contributed by atoms with Gasteiger partial charge in [0.1, 0.15) is 0 Å². The summed E-state index contributed by atoms with van der Waals surface area (Å²) in [5.41, 5.74) is 0.953. The average molecular weight is 439 g/mol. The summed E-state index contributed by atoms with van der Waals surface area (Å²) < 4.78 is 27.3. The van der Waals surface area contributed by atoms with Gasteiger partial charge in [0.15, 0.2) is 0 Å². The highest BCUT2D eigenvalue weighted by atomic mass is 32.2. The molecule has 1 atom stereocenters. The Kier molecular flexibility index (Phi) is 11.1. The smallest absolute Gasteiger partial charge is 0.243 e. The van der Waals surface area contributed by atoms with Crippen molar-refractivity contribution in [1.29, 1.82) is 0 Å². The van der Waals surface area contributed by atoms with Gasteiger partial charge < -0.3 is 5.32 Å². The van der Waals surface area contributed by atoms with Gasteiger partial charge in [-0.1, -0.05) is 59.1 Å². The van der Waals surface area contributed by atoms with Crippen molar-refractivity contribution in [3.8, 4) is 0 Å². The molecule has 1 saturated heterocycles. The maximum Gasteiger partial charge on any atom is 0.243 e. The van der Waals surface area contributed by atoms with Gasteiger partial charge in [-0.25, -0.2) is 8.42 Å². The number of hydrogen-bond acceptors (Lipinski definition) is 3. The molecule has 0 spiro atoms. The highest BCUT2D eigenvalue weighted by Gasteiger charge is 2.32. The van der Waals surface area contributed by atoms with Crippen molar-refractivity contribution in [3.05, 3.63) is 29.8 Å². The van der Waals surface area contributed by atoms with Gasteiger partial charge >= 0.3 is 0 Å². The van der Waals surface area contributed by atoms with Crippen LogP contribution in [0.4, 0.5) is 0 Å². The fourth-order valence-electron chi connectivity index (χ4n) is 4.44. The Balaban J connectivity index is 0.00000225. The second-order valence-corrected chi connectivity index (χ2v) is 10.4. The van der Waals surface area contributed by atoms with Crippen LogP contribution in [0.25, 0.3) is 0 Å². The monoisotopic (exact) mass is 438 g/mol. The molecule has 1 aliphatic heterocycles. The molecule has 1 unspecified atom stereocenters. The fourth-order valence-corrected chi connectivity index (χ4v) is 6.07. The first kappa shape index (κ1) is 26.6. The third kappa shape index (κ3) is 7.09. The Morgan fingerprint density at radius 3 is 2.40 bits per heavy atom. The highest BCUT2D eigenvalue weighted by Crippen LogP contribution is 2.27.